The van der Waals surface area contributed by atoms with E-state index in [-0.39, 0.29) is 5.82 Å². The Bertz CT molecular complexity index is 571. The molecule has 0 bridgehead atoms. The highest BCUT2D eigenvalue weighted by molar-refractivity contribution is 9.10. The van der Waals surface area contributed by atoms with E-state index in [1.165, 1.54) is 11.6 Å². The summed E-state index contributed by atoms with van der Waals surface area (Å²) in [6.07, 6.45) is 1.65. The van der Waals surface area contributed by atoms with Gasteiger partial charge < -0.3 is 0 Å². The first-order valence-corrected chi connectivity index (χ1v) is 8.29. The molecule has 116 valence electrons. The van der Waals surface area contributed by atoms with Crippen LogP contribution in [-0.4, -0.2) is 41.0 Å². The lowest BCUT2D eigenvalue weighted by Gasteiger charge is -2.34. The quantitative estimate of drug-likeness (QED) is 0.830. The molecule has 1 fully saturated rings. The van der Waals surface area contributed by atoms with Crippen molar-refractivity contribution in [3.8, 4) is 0 Å². The van der Waals surface area contributed by atoms with E-state index in [9.17, 15) is 4.39 Å². The van der Waals surface area contributed by atoms with Crippen LogP contribution in [0.15, 0.2) is 47.1 Å². The van der Waals surface area contributed by atoms with Gasteiger partial charge in [0.25, 0.3) is 0 Å². The maximum atomic E-state index is 13.6. The molecule has 0 aliphatic carbocycles. The smallest absolute Gasteiger partial charge is 0.146 e. The van der Waals surface area contributed by atoms with Crippen LogP contribution in [0.25, 0.3) is 0 Å². The van der Waals surface area contributed by atoms with Crippen LogP contribution in [0.2, 0.25) is 0 Å². The van der Waals surface area contributed by atoms with Gasteiger partial charge in [-0.2, -0.15) is 0 Å². The lowest BCUT2D eigenvalue weighted by molar-refractivity contribution is 0.120. The molecule has 2 aromatic rings. The summed E-state index contributed by atoms with van der Waals surface area (Å²) in [5, 5.41) is 0. The molecule has 1 aromatic heterocycles. The number of benzene rings is 1. The monoisotopic (exact) mass is 363 g/mol. The Balaban J connectivity index is 1.52. The maximum Gasteiger partial charge on any atom is 0.146 e. The summed E-state index contributed by atoms with van der Waals surface area (Å²) in [6.45, 7) is 5.43. The third-order valence-electron chi connectivity index (χ3n) is 4.02. The van der Waals surface area contributed by atoms with Gasteiger partial charge in [-0.15, -0.1) is 0 Å². The highest BCUT2D eigenvalue weighted by atomic mass is 79.9. The molecule has 0 spiro atoms. The molecular formula is C17H19BrFN3. The van der Waals surface area contributed by atoms with E-state index in [4.69, 9.17) is 0 Å². The van der Waals surface area contributed by atoms with E-state index in [0.29, 0.717) is 12.2 Å². The van der Waals surface area contributed by atoms with Crippen LogP contribution in [0, 0.1) is 5.82 Å². The van der Waals surface area contributed by atoms with Crippen LogP contribution >= 0.6 is 15.9 Å². The highest BCUT2D eigenvalue weighted by Crippen LogP contribution is 2.19. The fraction of sp³-hybridized carbons (Fsp3) is 0.353. The molecule has 2 heterocycles. The standard InChI is InChI=1S/C17H19BrFN3/c18-15-5-2-1-4-14(15)12-21-8-10-22(11-9-21)13-17-16(19)6-3-7-20-17/h1-7H,8-13H2. The normalized spacial score (nSPS) is 16.8. The Morgan fingerprint density at radius 3 is 2.32 bits per heavy atom. The zero-order valence-electron chi connectivity index (χ0n) is 12.4. The molecule has 3 rings (SSSR count). The zero-order valence-corrected chi connectivity index (χ0v) is 14.0. The second-order valence-electron chi connectivity index (χ2n) is 5.58. The molecule has 0 radical (unpaired) electrons. The summed E-state index contributed by atoms with van der Waals surface area (Å²) in [7, 11) is 0. The van der Waals surface area contributed by atoms with Crippen molar-refractivity contribution in [1.82, 2.24) is 14.8 Å². The Kier molecular flexibility index (Phi) is 5.18. The Hall–Kier alpha value is -1.30. The Morgan fingerprint density at radius 1 is 0.955 bits per heavy atom. The molecule has 0 saturated carbocycles. The number of hydrogen-bond acceptors (Lipinski definition) is 3. The van der Waals surface area contributed by atoms with Crippen molar-refractivity contribution in [2.24, 2.45) is 0 Å². The summed E-state index contributed by atoms with van der Waals surface area (Å²) in [6, 6.07) is 11.4. The van der Waals surface area contributed by atoms with Crippen LogP contribution in [0.4, 0.5) is 4.39 Å². The first kappa shape index (κ1) is 15.6. The number of pyridine rings is 1. The van der Waals surface area contributed by atoms with Crippen molar-refractivity contribution in [2.75, 3.05) is 26.2 Å². The highest BCUT2D eigenvalue weighted by Gasteiger charge is 2.19. The van der Waals surface area contributed by atoms with E-state index in [1.54, 1.807) is 12.3 Å². The summed E-state index contributed by atoms with van der Waals surface area (Å²) in [4.78, 5) is 8.84. The number of halogens is 2. The predicted octanol–water partition coefficient (Wildman–Crippen LogP) is 3.30. The third kappa shape index (κ3) is 3.91. The van der Waals surface area contributed by atoms with Crippen LogP contribution in [0.3, 0.4) is 0 Å². The molecule has 0 amide bonds. The zero-order chi connectivity index (χ0) is 15.4. The molecule has 3 nitrogen and oxygen atoms in total. The van der Waals surface area contributed by atoms with Gasteiger partial charge in [0.05, 0.1) is 5.69 Å². The fourth-order valence-electron chi connectivity index (χ4n) is 2.72. The minimum atomic E-state index is -0.210. The summed E-state index contributed by atoms with van der Waals surface area (Å²) >= 11 is 3.60. The van der Waals surface area contributed by atoms with E-state index in [2.05, 4.69) is 48.9 Å². The van der Waals surface area contributed by atoms with E-state index in [1.807, 2.05) is 6.07 Å². The van der Waals surface area contributed by atoms with Gasteiger partial charge in [0.1, 0.15) is 5.82 Å². The van der Waals surface area contributed by atoms with Crippen LogP contribution in [-0.2, 0) is 13.1 Å². The fourth-order valence-corrected chi connectivity index (χ4v) is 3.13. The van der Waals surface area contributed by atoms with Gasteiger partial charge in [0.15, 0.2) is 0 Å². The predicted molar refractivity (Wildman–Crippen MR) is 88.9 cm³/mol. The molecule has 0 unspecified atom stereocenters. The first-order valence-electron chi connectivity index (χ1n) is 7.50. The molecule has 1 aliphatic heterocycles. The number of aromatic nitrogens is 1. The summed E-state index contributed by atoms with van der Waals surface area (Å²) < 4.78 is 14.8. The van der Waals surface area contributed by atoms with Crippen molar-refractivity contribution in [3.05, 3.63) is 64.1 Å². The van der Waals surface area contributed by atoms with Gasteiger partial charge in [0, 0.05) is 49.9 Å². The van der Waals surface area contributed by atoms with E-state index in [0.717, 1.165) is 37.2 Å². The molecule has 0 N–H and O–H groups in total. The molecule has 1 aliphatic rings. The molecule has 5 heteroatoms. The van der Waals surface area contributed by atoms with Crippen molar-refractivity contribution >= 4 is 15.9 Å². The minimum Gasteiger partial charge on any atom is -0.297 e. The van der Waals surface area contributed by atoms with Crippen molar-refractivity contribution < 1.29 is 4.39 Å². The Labute approximate surface area is 138 Å². The number of piperazine rings is 1. The summed E-state index contributed by atoms with van der Waals surface area (Å²) in [5.41, 5.74) is 1.86. The van der Waals surface area contributed by atoms with E-state index >= 15 is 0 Å². The van der Waals surface area contributed by atoms with Gasteiger partial charge in [-0.1, -0.05) is 34.1 Å². The second-order valence-corrected chi connectivity index (χ2v) is 6.43. The van der Waals surface area contributed by atoms with Gasteiger partial charge in [-0.25, -0.2) is 4.39 Å². The van der Waals surface area contributed by atoms with Crippen LogP contribution < -0.4 is 0 Å². The summed E-state index contributed by atoms with van der Waals surface area (Å²) in [5.74, 6) is -0.210. The minimum absolute atomic E-state index is 0.210. The van der Waals surface area contributed by atoms with Gasteiger partial charge >= 0.3 is 0 Å². The largest absolute Gasteiger partial charge is 0.297 e. The van der Waals surface area contributed by atoms with Gasteiger partial charge in [-0.3, -0.25) is 14.8 Å². The number of rotatable bonds is 4. The molecular weight excluding hydrogens is 345 g/mol. The maximum absolute atomic E-state index is 13.6. The number of nitrogens with zero attached hydrogens (tertiary/aromatic N) is 3. The molecule has 1 aromatic carbocycles. The Morgan fingerprint density at radius 2 is 1.64 bits per heavy atom. The molecule has 1 saturated heterocycles. The lowest BCUT2D eigenvalue weighted by Crippen LogP contribution is -2.45. The SMILES string of the molecule is Fc1cccnc1CN1CCN(Cc2ccccc2Br)CC1. The average Bonchev–Trinajstić information content (AvgIpc) is 2.54. The lowest BCUT2D eigenvalue weighted by atomic mass is 10.2. The van der Waals surface area contributed by atoms with Crippen LogP contribution in [0.5, 0.6) is 0 Å². The van der Waals surface area contributed by atoms with Crippen molar-refractivity contribution in [2.45, 2.75) is 13.1 Å². The topological polar surface area (TPSA) is 19.4 Å². The van der Waals surface area contributed by atoms with Crippen molar-refractivity contribution in [3.63, 3.8) is 0 Å². The first-order chi connectivity index (χ1) is 10.7. The molecule has 0 atom stereocenters. The average molecular weight is 364 g/mol. The third-order valence-corrected chi connectivity index (χ3v) is 4.80. The van der Waals surface area contributed by atoms with Gasteiger partial charge in [-0.05, 0) is 23.8 Å². The second kappa shape index (κ2) is 7.31. The van der Waals surface area contributed by atoms with E-state index < -0.39 is 0 Å². The van der Waals surface area contributed by atoms with Gasteiger partial charge in [0.2, 0.25) is 0 Å². The van der Waals surface area contributed by atoms with Crippen LogP contribution in [0.1, 0.15) is 11.3 Å². The molecule has 22 heavy (non-hydrogen) atoms. The number of hydrogen-bond donors (Lipinski definition) is 0. The van der Waals surface area contributed by atoms with Crippen molar-refractivity contribution in [1.29, 1.82) is 0 Å².